The fraction of sp³-hybridized carbons (Fsp3) is 0.375. The van der Waals surface area contributed by atoms with Crippen molar-refractivity contribution in [3.63, 3.8) is 0 Å². The first-order chi connectivity index (χ1) is 5.27. The Balaban J connectivity index is 2.48. The molecule has 3 nitrogen and oxygen atoms in total. The van der Waals surface area contributed by atoms with Crippen LogP contribution in [0.15, 0.2) is 15.7 Å². The Kier molecular flexibility index (Phi) is 1.24. The van der Waals surface area contributed by atoms with E-state index in [1.807, 2.05) is 25.2 Å². The normalized spacial score (nSPS) is 15.3. The molecule has 0 saturated heterocycles. The van der Waals surface area contributed by atoms with Gasteiger partial charge in [-0.25, -0.2) is 4.99 Å². The summed E-state index contributed by atoms with van der Waals surface area (Å²) in [5.41, 5.74) is 2.18. The van der Waals surface area contributed by atoms with E-state index in [2.05, 4.69) is 4.99 Å². The average Bonchev–Trinajstić information content (AvgIpc) is 2.33. The number of aryl methyl sites for hydroxylation is 1. The molecule has 0 fully saturated rings. The van der Waals surface area contributed by atoms with E-state index in [0.29, 0.717) is 0 Å². The van der Waals surface area contributed by atoms with E-state index >= 15 is 0 Å². The lowest BCUT2D eigenvalue weighted by Gasteiger charge is -2.16. The summed E-state index contributed by atoms with van der Waals surface area (Å²) in [5.74, 6) is 0.976. The highest BCUT2D eigenvalue weighted by atomic mass is 16.3. The molecule has 3 heteroatoms. The van der Waals surface area contributed by atoms with Crippen LogP contribution in [0.3, 0.4) is 0 Å². The maximum atomic E-state index is 5.23. The topological polar surface area (TPSA) is 28.7 Å². The van der Waals surface area contributed by atoms with Crippen molar-refractivity contribution < 1.29 is 4.42 Å². The monoisotopic (exact) mass is 150 g/mol. The van der Waals surface area contributed by atoms with Crippen molar-refractivity contribution in [3.8, 4) is 0 Å². The number of furan rings is 1. The van der Waals surface area contributed by atoms with Gasteiger partial charge < -0.3 is 9.32 Å². The molecule has 0 aromatic carbocycles. The fourth-order valence-electron chi connectivity index (χ4n) is 1.22. The lowest BCUT2D eigenvalue weighted by atomic mass is 10.2. The van der Waals surface area contributed by atoms with Crippen LogP contribution in [0.5, 0.6) is 0 Å². The number of rotatable bonds is 0. The van der Waals surface area contributed by atoms with Crippen molar-refractivity contribution in [3.05, 3.63) is 17.6 Å². The lowest BCUT2D eigenvalue weighted by Crippen LogP contribution is -2.18. The van der Waals surface area contributed by atoms with E-state index in [1.165, 1.54) is 5.56 Å². The Morgan fingerprint density at radius 3 is 3.27 bits per heavy atom. The van der Waals surface area contributed by atoms with Gasteiger partial charge >= 0.3 is 0 Å². The van der Waals surface area contributed by atoms with Crippen LogP contribution in [0.25, 0.3) is 0 Å². The molecule has 1 aromatic rings. The lowest BCUT2D eigenvalue weighted by molar-refractivity contribution is 0.489. The molecule has 0 saturated carbocycles. The third kappa shape index (κ3) is 0.926. The fourth-order valence-corrected chi connectivity index (χ4v) is 1.22. The molecule has 2 heterocycles. The van der Waals surface area contributed by atoms with Crippen LogP contribution < -0.4 is 0 Å². The zero-order valence-corrected chi connectivity index (χ0v) is 6.66. The molecule has 0 amide bonds. The molecule has 0 N–H and O–H groups in total. The van der Waals surface area contributed by atoms with Crippen LogP contribution in [-0.2, 0) is 6.54 Å². The largest absolute Gasteiger partial charge is 0.467 e. The molecule has 58 valence electrons. The van der Waals surface area contributed by atoms with Crippen LogP contribution in [-0.4, -0.2) is 18.3 Å². The van der Waals surface area contributed by atoms with Gasteiger partial charge in [0.2, 0.25) is 0 Å². The summed E-state index contributed by atoms with van der Waals surface area (Å²) in [6.07, 6.45) is 3.52. The van der Waals surface area contributed by atoms with Crippen LogP contribution >= 0.6 is 0 Å². The quantitative estimate of drug-likeness (QED) is 0.563. The Labute approximate surface area is 65.3 Å². The zero-order valence-electron chi connectivity index (χ0n) is 6.66. The van der Waals surface area contributed by atoms with Crippen molar-refractivity contribution in [2.45, 2.75) is 13.5 Å². The summed E-state index contributed by atoms with van der Waals surface area (Å²) >= 11 is 0. The van der Waals surface area contributed by atoms with Crippen LogP contribution in [0.1, 0.15) is 11.3 Å². The molecule has 2 rings (SSSR count). The van der Waals surface area contributed by atoms with Crippen molar-refractivity contribution in [1.29, 1.82) is 0 Å². The summed E-state index contributed by atoms with van der Waals surface area (Å²) in [7, 11) is 2.00. The van der Waals surface area contributed by atoms with Crippen molar-refractivity contribution >= 4 is 12.0 Å². The van der Waals surface area contributed by atoms with Gasteiger partial charge in [-0.05, 0) is 6.92 Å². The molecule has 0 radical (unpaired) electrons. The first-order valence-corrected chi connectivity index (χ1v) is 3.59. The third-order valence-electron chi connectivity index (χ3n) is 1.88. The first-order valence-electron chi connectivity index (χ1n) is 3.59. The zero-order chi connectivity index (χ0) is 7.84. The van der Waals surface area contributed by atoms with Crippen LogP contribution in [0, 0.1) is 6.92 Å². The summed E-state index contributed by atoms with van der Waals surface area (Å²) < 4.78 is 5.23. The van der Waals surface area contributed by atoms with Crippen molar-refractivity contribution in [1.82, 2.24) is 4.90 Å². The SMILES string of the molecule is Cc1occ2c1CN(C)C=N2. The van der Waals surface area contributed by atoms with Crippen LogP contribution in [0.4, 0.5) is 5.69 Å². The number of hydrogen-bond donors (Lipinski definition) is 0. The van der Waals surface area contributed by atoms with Gasteiger partial charge in [0.05, 0.1) is 6.34 Å². The van der Waals surface area contributed by atoms with E-state index in [9.17, 15) is 0 Å². The van der Waals surface area contributed by atoms with Crippen molar-refractivity contribution in [2.75, 3.05) is 7.05 Å². The highest BCUT2D eigenvalue weighted by molar-refractivity contribution is 5.66. The molecular formula is C8H10N2O. The minimum Gasteiger partial charge on any atom is -0.467 e. The van der Waals surface area contributed by atoms with E-state index in [0.717, 1.165) is 18.0 Å². The van der Waals surface area contributed by atoms with Gasteiger partial charge in [-0.15, -0.1) is 0 Å². The number of hydrogen-bond acceptors (Lipinski definition) is 3. The summed E-state index contributed by atoms with van der Waals surface area (Å²) in [6.45, 7) is 2.87. The van der Waals surface area contributed by atoms with E-state index in [-0.39, 0.29) is 0 Å². The summed E-state index contributed by atoms with van der Waals surface area (Å²) in [4.78, 5) is 6.23. The molecule has 0 spiro atoms. The van der Waals surface area contributed by atoms with E-state index < -0.39 is 0 Å². The van der Waals surface area contributed by atoms with E-state index in [1.54, 1.807) is 6.26 Å². The molecule has 0 atom stereocenters. The maximum absolute atomic E-state index is 5.23. The smallest absolute Gasteiger partial charge is 0.117 e. The summed E-state index contributed by atoms with van der Waals surface area (Å²) in [5, 5.41) is 0. The minimum absolute atomic E-state index is 0.904. The van der Waals surface area contributed by atoms with Crippen LogP contribution in [0.2, 0.25) is 0 Å². The average molecular weight is 150 g/mol. The second-order valence-corrected chi connectivity index (χ2v) is 2.82. The standard InChI is InChI=1S/C8H10N2O/c1-6-7-3-10(2)5-9-8(7)4-11-6/h4-5H,3H2,1-2H3. The summed E-state index contributed by atoms with van der Waals surface area (Å²) in [6, 6.07) is 0. The molecule has 1 aromatic heterocycles. The second-order valence-electron chi connectivity index (χ2n) is 2.82. The predicted molar refractivity (Wildman–Crippen MR) is 43.1 cm³/mol. The van der Waals surface area contributed by atoms with E-state index in [4.69, 9.17) is 4.42 Å². The molecule has 0 aliphatic carbocycles. The Bertz CT molecular complexity index is 301. The van der Waals surface area contributed by atoms with Gasteiger partial charge in [0, 0.05) is 19.2 Å². The minimum atomic E-state index is 0.904. The first kappa shape index (κ1) is 6.46. The molecule has 0 unspecified atom stereocenters. The number of nitrogens with zero attached hydrogens (tertiary/aromatic N) is 2. The van der Waals surface area contributed by atoms with Gasteiger partial charge in [-0.1, -0.05) is 0 Å². The predicted octanol–water partition coefficient (Wildman–Crippen LogP) is 1.69. The van der Waals surface area contributed by atoms with Gasteiger partial charge in [-0.3, -0.25) is 0 Å². The molecule has 1 aliphatic heterocycles. The Morgan fingerprint density at radius 2 is 2.45 bits per heavy atom. The molecule has 0 bridgehead atoms. The van der Waals surface area contributed by atoms with Gasteiger partial charge in [0.25, 0.3) is 0 Å². The molecule has 11 heavy (non-hydrogen) atoms. The maximum Gasteiger partial charge on any atom is 0.117 e. The Hall–Kier alpha value is -1.25. The third-order valence-corrected chi connectivity index (χ3v) is 1.88. The van der Waals surface area contributed by atoms with Gasteiger partial charge in [0.1, 0.15) is 17.7 Å². The number of fused-ring (bicyclic) bond motifs is 1. The molecule has 1 aliphatic rings. The highest BCUT2D eigenvalue weighted by Crippen LogP contribution is 2.27. The highest BCUT2D eigenvalue weighted by Gasteiger charge is 2.13. The van der Waals surface area contributed by atoms with Crippen molar-refractivity contribution in [2.24, 2.45) is 4.99 Å². The second kappa shape index (κ2) is 2.12. The number of aliphatic imine (C=N–C) groups is 1. The molecular weight excluding hydrogens is 140 g/mol. The Morgan fingerprint density at radius 1 is 1.64 bits per heavy atom. The van der Waals surface area contributed by atoms with Gasteiger partial charge in [0.15, 0.2) is 0 Å². The van der Waals surface area contributed by atoms with Gasteiger partial charge in [-0.2, -0.15) is 0 Å².